The first-order chi connectivity index (χ1) is 8.12. The molecule has 0 atom stereocenters. The smallest absolute Gasteiger partial charge is 0.471 e. The van der Waals surface area contributed by atoms with E-state index < -0.39 is 39.6 Å². The zero-order chi connectivity index (χ0) is 14.1. The first-order valence-electron chi connectivity index (χ1n) is 4.23. The Morgan fingerprint density at radius 3 is 2.28 bits per heavy atom. The minimum Gasteiger partial charge on any atom is -0.478 e. The third-order valence-corrected chi connectivity index (χ3v) is 2.59. The highest BCUT2D eigenvalue weighted by molar-refractivity contribution is 9.10. The van der Waals surface area contributed by atoms with Crippen LogP contribution in [0.3, 0.4) is 0 Å². The van der Waals surface area contributed by atoms with Gasteiger partial charge < -0.3 is 10.4 Å². The van der Waals surface area contributed by atoms with E-state index in [2.05, 4.69) is 15.9 Å². The number of benzene rings is 1. The zero-order valence-electron chi connectivity index (χ0n) is 8.31. The molecule has 18 heavy (non-hydrogen) atoms. The maximum atomic E-state index is 13.2. The lowest BCUT2D eigenvalue weighted by atomic mass is 10.2. The van der Waals surface area contributed by atoms with Crippen LogP contribution in [-0.4, -0.2) is 23.2 Å². The fourth-order valence-corrected chi connectivity index (χ4v) is 1.32. The second-order valence-corrected chi connectivity index (χ2v) is 3.87. The highest BCUT2D eigenvalue weighted by Crippen LogP contribution is 2.29. The van der Waals surface area contributed by atoms with Crippen molar-refractivity contribution in [3.05, 3.63) is 28.0 Å². The number of alkyl halides is 3. The van der Waals surface area contributed by atoms with Gasteiger partial charge in [0.2, 0.25) is 0 Å². The number of carbonyl (C=O) groups excluding carboxylic acids is 1. The molecule has 0 fully saturated rings. The van der Waals surface area contributed by atoms with Crippen molar-refractivity contribution in [3.8, 4) is 0 Å². The fourth-order valence-electron chi connectivity index (χ4n) is 0.997. The van der Waals surface area contributed by atoms with Crippen LogP contribution in [0.25, 0.3) is 0 Å². The first-order valence-corrected chi connectivity index (χ1v) is 5.02. The summed E-state index contributed by atoms with van der Waals surface area (Å²) in [6.45, 7) is 0. The Hall–Kier alpha value is -1.64. The largest absolute Gasteiger partial charge is 0.478 e. The number of anilines is 1. The number of rotatable bonds is 2. The fraction of sp³-hybridized carbons (Fsp3) is 0.111. The SMILES string of the molecule is O=C(O)c1cc(F)c(Br)c(NC(=O)C(F)(F)F)c1. The Kier molecular flexibility index (Phi) is 3.95. The molecular weight excluding hydrogens is 326 g/mol. The van der Waals surface area contributed by atoms with E-state index in [4.69, 9.17) is 5.11 Å². The van der Waals surface area contributed by atoms with Gasteiger partial charge in [0.15, 0.2) is 0 Å². The summed E-state index contributed by atoms with van der Waals surface area (Å²) in [4.78, 5) is 21.2. The van der Waals surface area contributed by atoms with E-state index in [-0.39, 0.29) is 0 Å². The van der Waals surface area contributed by atoms with Gasteiger partial charge in [-0.2, -0.15) is 13.2 Å². The Labute approximate surface area is 106 Å². The maximum Gasteiger partial charge on any atom is 0.471 e. The molecule has 4 nitrogen and oxygen atoms in total. The Morgan fingerprint density at radius 1 is 1.28 bits per heavy atom. The van der Waals surface area contributed by atoms with Crippen LogP contribution < -0.4 is 5.32 Å². The summed E-state index contributed by atoms with van der Waals surface area (Å²) in [5, 5.41) is 9.97. The molecule has 0 radical (unpaired) electrons. The van der Waals surface area contributed by atoms with Crippen LogP contribution in [0.15, 0.2) is 16.6 Å². The Balaban J connectivity index is 3.17. The topological polar surface area (TPSA) is 66.4 Å². The lowest BCUT2D eigenvalue weighted by molar-refractivity contribution is -0.167. The van der Waals surface area contributed by atoms with Crippen molar-refractivity contribution in [1.82, 2.24) is 0 Å². The molecule has 0 aromatic heterocycles. The minimum absolute atomic E-state index is 0.468. The second kappa shape index (κ2) is 4.92. The first kappa shape index (κ1) is 14.4. The maximum absolute atomic E-state index is 13.2. The number of hydrogen-bond donors (Lipinski definition) is 2. The molecule has 0 heterocycles. The van der Waals surface area contributed by atoms with Gasteiger partial charge in [0.25, 0.3) is 0 Å². The van der Waals surface area contributed by atoms with Gasteiger partial charge in [0.05, 0.1) is 15.7 Å². The molecule has 0 aliphatic rings. The quantitative estimate of drug-likeness (QED) is 0.820. The summed E-state index contributed by atoms with van der Waals surface area (Å²) in [5.74, 6) is -4.97. The summed E-state index contributed by atoms with van der Waals surface area (Å²) < 4.78 is 48.7. The molecule has 0 spiro atoms. The number of carboxylic acid groups (broad SMARTS) is 1. The third kappa shape index (κ3) is 3.19. The molecule has 0 aliphatic heterocycles. The molecule has 1 rings (SSSR count). The van der Waals surface area contributed by atoms with Gasteiger partial charge in [-0.3, -0.25) is 4.79 Å². The van der Waals surface area contributed by atoms with Gasteiger partial charge in [-0.15, -0.1) is 0 Å². The summed E-state index contributed by atoms with van der Waals surface area (Å²) >= 11 is 2.61. The van der Waals surface area contributed by atoms with Gasteiger partial charge in [0, 0.05) is 0 Å². The average Bonchev–Trinajstić information content (AvgIpc) is 2.22. The van der Waals surface area contributed by atoms with E-state index in [1.54, 1.807) is 0 Å². The van der Waals surface area contributed by atoms with E-state index >= 15 is 0 Å². The van der Waals surface area contributed by atoms with Crippen molar-refractivity contribution in [2.75, 3.05) is 5.32 Å². The summed E-state index contributed by atoms with van der Waals surface area (Å²) in [6.07, 6.45) is -5.16. The van der Waals surface area contributed by atoms with Gasteiger partial charge >= 0.3 is 18.1 Å². The van der Waals surface area contributed by atoms with Crippen LogP contribution in [0.1, 0.15) is 10.4 Å². The molecule has 0 bridgehead atoms. The Bertz CT molecular complexity index is 515. The minimum atomic E-state index is -5.16. The van der Waals surface area contributed by atoms with Gasteiger partial charge in [0.1, 0.15) is 5.82 Å². The van der Waals surface area contributed by atoms with E-state index in [0.717, 1.165) is 0 Å². The summed E-state index contributed by atoms with van der Waals surface area (Å²) in [6, 6.07) is 1.31. The average molecular weight is 330 g/mol. The van der Waals surface area contributed by atoms with Crippen molar-refractivity contribution in [3.63, 3.8) is 0 Å². The molecule has 0 aliphatic carbocycles. The third-order valence-electron chi connectivity index (χ3n) is 1.78. The van der Waals surface area contributed by atoms with E-state index in [0.29, 0.717) is 12.1 Å². The number of hydrogen-bond acceptors (Lipinski definition) is 2. The summed E-state index contributed by atoms with van der Waals surface area (Å²) in [5.41, 5.74) is -1.21. The molecule has 0 unspecified atom stereocenters. The standard InChI is InChI=1S/C9H4BrF4NO3/c10-6-4(11)1-3(7(16)17)2-5(6)15-8(18)9(12,13)14/h1-2H,(H,15,18)(H,16,17). The van der Waals surface area contributed by atoms with Crippen molar-refractivity contribution in [1.29, 1.82) is 0 Å². The number of amides is 1. The highest BCUT2D eigenvalue weighted by Gasteiger charge is 2.39. The van der Waals surface area contributed by atoms with Crippen molar-refractivity contribution in [2.45, 2.75) is 6.18 Å². The van der Waals surface area contributed by atoms with E-state index in [1.165, 1.54) is 5.32 Å². The number of halogens is 5. The van der Waals surface area contributed by atoms with Crippen molar-refractivity contribution in [2.24, 2.45) is 0 Å². The lowest BCUT2D eigenvalue weighted by Crippen LogP contribution is -2.30. The van der Waals surface area contributed by atoms with Crippen molar-refractivity contribution < 1.29 is 32.3 Å². The number of aromatic carboxylic acids is 1. The summed E-state index contributed by atoms with van der Waals surface area (Å²) in [7, 11) is 0. The monoisotopic (exact) mass is 329 g/mol. The second-order valence-electron chi connectivity index (χ2n) is 3.08. The molecule has 9 heteroatoms. The molecule has 2 N–H and O–H groups in total. The molecular formula is C9H4BrF4NO3. The molecule has 0 saturated heterocycles. The number of carbonyl (C=O) groups is 2. The molecule has 0 saturated carbocycles. The number of nitrogens with one attached hydrogen (secondary N) is 1. The molecule has 98 valence electrons. The van der Waals surface area contributed by atoms with E-state index in [9.17, 15) is 27.2 Å². The molecule has 1 amide bonds. The Morgan fingerprint density at radius 2 is 1.83 bits per heavy atom. The van der Waals surface area contributed by atoms with Crippen LogP contribution in [0.5, 0.6) is 0 Å². The van der Waals surface area contributed by atoms with Crippen LogP contribution >= 0.6 is 15.9 Å². The van der Waals surface area contributed by atoms with Crippen LogP contribution in [-0.2, 0) is 4.79 Å². The van der Waals surface area contributed by atoms with Crippen molar-refractivity contribution >= 4 is 33.5 Å². The molecule has 1 aromatic carbocycles. The highest BCUT2D eigenvalue weighted by atomic mass is 79.9. The van der Waals surface area contributed by atoms with Crippen LogP contribution in [0.4, 0.5) is 23.2 Å². The van der Waals surface area contributed by atoms with Gasteiger partial charge in [-0.25, -0.2) is 9.18 Å². The van der Waals surface area contributed by atoms with Gasteiger partial charge in [-0.05, 0) is 28.1 Å². The zero-order valence-corrected chi connectivity index (χ0v) is 9.89. The predicted molar refractivity (Wildman–Crippen MR) is 55.7 cm³/mol. The molecule has 1 aromatic rings. The van der Waals surface area contributed by atoms with Crippen LogP contribution in [0, 0.1) is 5.82 Å². The van der Waals surface area contributed by atoms with Crippen LogP contribution in [0.2, 0.25) is 0 Å². The lowest BCUT2D eigenvalue weighted by Gasteiger charge is -2.10. The van der Waals surface area contributed by atoms with Gasteiger partial charge in [-0.1, -0.05) is 0 Å². The predicted octanol–water partition coefficient (Wildman–Crippen LogP) is 2.79. The number of carboxylic acids is 1. The van der Waals surface area contributed by atoms with E-state index in [1.807, 2.05) is 0 Å². The normalized spacial score (nSPS) is 11.2.